The minimum atomic E-state index is -1.05. The average Bonchev–Trinajstić information content (AvgIpc) is 2.56. The largest absolute Gasteiger partial charge is 0.477 e. The number of aryl methyl sites for hydroxylation is 1. The zero-order valence-corrected chi connectivity index (χ0v) is 8.35. The lowest BCUT2D eigenvalue weighted by molar-refractivity contribution is 0.0690. The number of hydrogen-bond acceptors (Lipinski definition) is 4. The number of anilines is 1. The highest BCUT2D eigenvalue weighted by molar-refractivity contribution is 5.87. The van der Waals surface area contributed by atoms with Gasteiger partial charge in [0.1, 0.15) is 5.82 Å². The predicted octanol–water partition coefficient (Wildman–Crippen LogP) is 0.778. The fourth-order valence-electron chi connectivity index (χ4n) is 1.38. The van der Waals surface area contributed by atoms with E-state index in [4.69, 9.17) is 5.11 Å². The molecule has 2 aromatic heterocycles. The monoisotopic (exact) mass is 206 g/mol. The number of fused-ring (bicyclic) bond motifs is 1. The van der Waals surface area contributed by atoms with Gasteiger partial charge in [0.25, 0.3) is 0 Å². The molecule has 0 atom stereocenters. The van der Waals surface area contributed by atoms with Gasteiger partial charge >= 0.3 is 5.97 Å². The van der Waals surface area contributed by atoms with Gasteiger partial charge in [0.15, 0.2) is 11.3 Å². The molecule has 0 aromatic carbocycles. The molecule has 0 fully saturated rings. The maximum absolute atomic E-state index is 10.8. The van der Waals surface area contributed by atoms with Crippen molar-refractivity contribution in [1.82, 2.24) is 14.6 Å². The van der Waals surface area contributed by atoms with Crippen molar-refractivity contribution in [2.75, 3.05) is 12.4 Å². The first kappa shape index (κ1) is 9.45. The van der Waals surface area contributed by atoms with E-state index in [0.29, 0.717) is 11.5 Å². The van der Waals surface area contributed by atoms with Crippen molar-refractivity contribution in [3.63, 3.8) is 0 Å². The molecule has 0 bridgehead atoms. The van der Waals surface area contributed by atoms with Crippen molar-refractivity contribution in [2.24, 2.45) is 0 Å². The molecule has 0 aliphatic heterocycles. The molecule has 0 aliphatic carbocycles. The number of carboxylic acids is 1. The van der Waals surface area contributed by atoms with E-state index < -0.39 is 5.97 Å². The van der Waals surface area contributed by atoms with Gasteiger partial charge in [-0.15, -0.1) is 0 Å². The Balaban J connectivity index is 2.76. The summed E-state index contributed by atoms with van der Waals surface area (Å²) >= 11 is 0. The van der Waals surface area contributed by atoms with E-state index in [1.165, 1.54) is 6.07 Å². The van der Waals surface area contributed by atoms with Gasteiger partial charge in [0.2, 0.25) is 0 Å². The van der Waals surface area contributed by atoms with Crippen LogP contribution >= 0.6 is 0 Å². The van der Waals surface area contributed by atoms with Gasteiger partial charge in [-0.1, -0.05) is 0 Å². The number of nitrogens with one attached hydrogen (secondary N) is 1. The van der Waals surface area contributed by atoms with E-state index in [1.807, 2.05) is 6.92 Å². The van der Waals surface area contributed by atoms with E-state index in [0.717, 1.165) is 5.69 Å². The lowest BCUT2D eigenvalue weighted by atomic mass is 10.4. The number of nitrogens with zero attached hydrogens (tertiary/aromatic N) is 3. The van der Waals surface area contributed by atoms with Crippen molar-refractivity contribution in [1.29, 1.82) is 0 Å². The number of aromatic nitrogens is 3. The Morgan fingerprint density at radius 3 is 2.87 bits per heavy atom. The smallest absolute Gasteiger partial charge is 0.354 e. The molecule has 0 saturated heterocycles. The summed E-state index contributed by atoms with van der Waals surface area (Å²) < 4.78 is 1.57. The Morgan fingerprint density at radius 1 is 1.53 bits per heavy atom. The van der Waals surface area contributed by atoms with Crippen LogP contribution in [0.3, 0.4) is 0 Å². The maximum atomic E-state index is 10.8. The molecule has 0 aliphatic rings. The highest BCUT2D eigenvalue weighted by atomic mass is 16.4. The Hall–Kier alpha value is -2.11. The molecule has 78 valence electrons. The first-order valence-corrected chi connectivity index (χ1v) is 4.40. The Morgan fingerprint density at radius 2 is 2.27 bits per heavy atom. The van der Waals surface area contributed by atoms with Crippen LogP contribution in [0.15, 0.2) is 12.1 Å². The van der Waals surface area contributed by atoms with E-state index in [1.54, 1.807) is 17.6 Å². The van der Waals surface area contributed by atoms with Gasteiger partial charge in [-0.2, -0.15) is 9.61 Å². The van der Waals surface area contributed by atoms with Gasteiger partial charge in [-0.05, 0) is 6.92 Å². The quantitative estimate of drug-likeness (QED) is 0.758. The number of hydrogen-bond donors (Lipinski definition) is 2. The van der Waals surface area contributed by atoms with Crippen LogP contribution in [0.4, 0.5) is 5.82 Å². The molecular weight excluding hydrogens is 196 g/mol. The molecule has 6 heteroatoms. The third-order valence-corrected chi connectivity index (χ3v) is 2.02. The van der Waals surface area contributed by atoms with E-state index >= 15 is 0 Å². The summed E-state index contributed by atoms with van der Waals surface area (Å²) in [5.74, 6) is -0.446. The van der Waals surface area contributed by atoms with E-state index in [-0.39, 0.29) is 5.69 Å². The van der Waals surface area contributed by atoms with Crippen LogP contribution in [0.2, 0.25) is 0 Å². The normalized spacial score (nSPS) is 10.5. The standard InChI is InChI=1S/C9H10N4O2/c1-5-3-8-11-6(9(14)15)4-7(10-2)13(8)12-5/h3-4,10H,1-2H3,(H,14,15). The van der Waals surface area contributed by atoms with Gasteiger partial charge in [0.05, 0.1) is 5.69 Å². The van der Waals surface area contributed by atoms with Crippen LogP contribution in [-0.2, 0) is 0 Å². The summed E-state index contributed by atoms with van der Waals surface area (Å²) in [5.41, 5.74) is 1.32. The highest BCUT2D eigenvalue weighted by Gasteiger charge is 2.11. The van der Waals surface area contributed by atoms with Gasteiger partial charge < -0.3 is 10.4 Å². The van der Waals surface area contributed by atoms with Crippen LogP contribution < -0.4 is 5.32 Å². The third kappa shape index (κ3) is 1.50. The number of rotatable bonds is 2. The molecule has 2 aromatic rings. The van der Waals surface area contributed by atoms with E-state index in [2.05, 4.69) is 15.4 Å². The van der Waals surface area contributed by atoms with Crippen molar-refractivity contribution in [2.45, 2.75) is 6.92 Å². The fraction of sp³-hybridized carbons (Fsp3) is 0.222. The molecular formula is C9H10N4O2. The van der Waals surface area contributed by atoms with Crippen molar-refractivity contribution >= 4 is 17.4 Å². The second-order valence-corrected chi connectivity index (χ2v) is 3.14. The van der Waals surface area contributed by atoms with Gasteiger partial charge in [0, 0.05) is 19.2 Å². The number of carboxylic acid groups (broad SMARTS) is 1. The van der Waals surface area contributed by atoms with E-state index in [9.17, 15) is 4.79 Å². The Kier molecular flexibility index (Phi) is 2.03. The van der Waals surface area contributed by atoms with Gasteiger partial charge in [-0.3, -0.25) is 0 Å². The molecule has 0 unspecified atom stereocenters. The predicted molar refractivity (Wildman–Crippen MR) is 54.2 cm³/mol. The molecule has 0 spiro atoms. The van der Waals surface area contributed by atoms with Crippen molar-refractivity contribution in [3.8, 4) is 0 Å². The summed E-state index contributed by atoms with van der Waals surface area (Å²) in [6.07, 6.45) is 0. The zero-order chi connectivity index (χ0) is 11.0. The van der Waals surface area contributed by atoms with Gasteiger partial charge in [-0.25, -0.2) is 9.78 Å². The topological polar surface area (TPSA) is 79.5 Å². The van der Waals surface area contributed by atoms with Crippen LogP contribution in [0.5, 0.6) is 0 Å². The fourth-order valence-corrected chi connectivity index (χ4v) is 1.38. The third-order valence-electron chi connectivity index (χ3n) is 2.02. The van der Waals surface area contributed by atoms with Crippen LogP contribution in [0.1, 0.15) is 16.2 Å². The van der Waals surface area contributed by atoms with Crippen LogP contribution in [0, 0.1) is 6.92 Å². The lowest BCUT2D eigenvalue weighted by Gasteiger charge is -2.04. The SMILES string of the molecule is CNc1cc(C(=O)O)nc2cc(C)nn12. The van der Waals surface area contributed by atoms with Crippen molar-refractivity contribution < 1.29 is 9.90 Å². The summed E-state index contributed by atoms with van der Waals surface area (Å²) in [5, 5.41) is 15.9. The zero-order valence-electron chi connectivity index (χ0n) is 8.35. The molecule has 6 nitrogen and oxygen atoms in total. The van der Waals surface area contributed by atoms with Crippen molar-refractivity contribution in [3.05, 3.63) is 23.5 Å². The molecule has 2 N–H and O–H groups in total. The molecule has 0 radical (unpaired) electrons. The Labute approximate surface area is 85.6 Å². The summed E-state index contributed by atoms with van der Waals surface area (Å²) in [6, 6.07) is 3.18. The molecule has 15 heavy (non-hydrogen) atoms. The number of aromatic carboxylic acids is 1. The maximum Gasteiger partial charge on any atom is 0.354 e. The molecule has 2 rings (SSSR count). The lowest BCUT2D eigenvalue weighted by Crippen LogP contribution is -2.07. The highest BCUT2D eigenvalue weighted by Crippen LogP contribution is 2.13. The first-order chi connectivity index (χ1) is 7.11. The second kappa shape index (κ2) is 3.23. The summed E-state index contributed by atoms with van der Waals surface area (Å²) in [4.78, 5) is 14.8. The minimum absolute atomic E-state index is 0.00625. The summed E-state index contributed by atoms with van der Waals surface area (Å²) in [7, 11) is 1.71. The number of carbonyl (C=O) groups is 1. The van der Waals surface area contributed by atoms with Crippen LogP contribution in [0.25, 0.3) is 5.65 Å². The minimum Gasteiger partial charge on any atom is -0.477 e. The molecule has 2 heterocycles. The molecule has 0 amide bonds. The second-order valence-electron chi connectivity index (χ2n) is 3.14. The average molecular weight is 206 g/mol. The first-order valence-electron chi connectivity index (χ1n) is 4.40. The molecule has 0 saturated carbocycles. The van der Waals surface area contributed by atoms with Crippen LogP contribution in [-0.4, -0.2) is 32.7 Å². The summed E-state index contributed by atoms with van der Waals surface area (Å²) in [6.45, 7) is 1.83. The Bertz CT molecular complexity index is 532.